The number of amides is 2. The molecule has 0 radical (unpaired) electrons. The molecule has 2 N–H and O–H groups in total. The summed E-state index contributed by atoms with van der Waals surface area (Å²) in [4.78, 5) is 13.9. The summed E-state index contributed by atoms with van der Waals surface area (Å²) in [5.74, 6) is 0. The lowest BCUT2D eigenvalue weighted by molar-refractivity contribution is 0.149. The van der Waals surface area contributed by atoms with Crippen molar-refractivity contribution in [3.05, 3.63) is 0 Å². The average Bonchev–Trinajstić information content (AvgIpc) is 2.35. The SMILES string of the molecule is CC[C@H](C)NC(=O)N1CCCC[C@@H]1CNS(C)(=O)=O. The molecule has 0 aliphatic carbocycles. The summed E-state index contributed by atoms with van der Waals surface area (Å²) in [6, 6.07) is -0.000161. The lowest BCUT2D eigenvalue weighted by Gasteiger charge is -2.36. The summed E-state index contributed by atoms with van der Waals surface area (Å²) in [6.45, 7) is 4.97. The Labute approximate surface area is 116 Å². The van der Waals surface area contributed by atoms with Crippen LogP contribution in [0.25, 0.3) is 0 Å². The number of carbonyl (C=O) groups excluding carboxylic acids is 1. The molecule has 0 aromatic rings. The smallest absolute Gasteiger partial charge is 0.317 e. The van der Waals surface area contributed by atoms with E-state index in [4.69, 9.17) is 0 Å². The summed E-state index contributed by atoms with van der Waals surface area (Å²) < 4.78 is 24.8. The van der Waals surface area contributed by atoms with Crippen molar-refractivity contribution in [1.29, 1.82) is 0 Å². The molecule has 0 unspecified atom stereocenters. The monoisotopic (exact) mass is 291 g/mol. The van der Waals surface area contributed by atoms with Crippen LogP contribution in [0.1, 0.15) is 39.5 Å². The third-order valence-electron chi connectivity index (χ3n) is 3.45. The van der Waals surface area contributed by atoms with Crippen molar-refractivity contribution in [2.24, 2.45) is 0 Å². The van der Waals surface area contributed by atoms with Crippen LogP contribution in [0.2, 0.25) is 0 Å². The van der Waals surface area contributed by atoms with Gasteiger partial charge in [0.05, 0.1) is 6.26 Å². The van der Waals surface area contributed by atoms with Crippen LogP contribution in [0.3, 0.4) is 0 Å². The van der Waals surface area contributed by atoms with Gasteiger partial charge in [0, 0.05) is 25.2 Å². The molecule has 1 heterocycles. The molecule has 2 amide bonds. The molecule has 1 aliphatic rings. The van der Waals surface area contributed by atoms with Gasteiger partial charge in [-0.1, -0.05) is 6.92 Å². The number of hydrogen-bond donors (Lipinski definition) is 2. The van der Waals surface area contributed by atoms with Gasteiger partial charge in [0.15, 0.2) is 0 Å². The number of nitrogens with zero attached hydrogens (tertiary/aromatic N) is 1. The normalized spacial score (nSPS) is 22.1. The number of carbonyl (C=O) groups is 1. The van der Waals surface area contributed by atoms with Gasteiger partial charge < -0.3 is 10.2 Å². The Morgan fingerprint density at radius 1 is 1.42 bits per heavy atom. The number of rotatable bonds is 5. The lowest BCUT2D eigenvalue weighted by Crippen LogP contribution is -2.54. The summed E-state index contributed by atoms with van der Waals surface area (Å²) in [7, 11) is -3.21. The van der Waals surface area contributed by atoms with Crippen molar-refractivity contribution in [1.82, 2.24) is 14.9 Å². The molecular weight excluding hydrogens is 266 g/mol. The second kappa shape index (κ2) is 7.09. The van der Waals surface area contributed by atoms with Gasteiger partial charge in [0.25, 0.3) is 0 Å². The molecule has 0 spiro atoms. The van der Waals surface area contributed by atoms with Gasteiger partial charge in [-0.2, -0.15) is 0 Å². The molecular formula is C12H25N3O3S. The number of nitrogens with one attached hydrogen (secondary N) is 2. The van der Waals surface area contributed by atoms with E-state index in [0.29, 0.717) is 13.1 Å². The maximum absolute atomic E-state index is 12.1. The Hall–Kier alpha value is -0.820. The maximum atomic E-state index is 12.1. The second-order valence-corrected chi connectivity index (χ2v) is 7.06. The fourth-order valence-corrected chi connectivity index (χ4v) is 2.62. The summed E-state index contributed by atoms with van der Waals surface area (Å²) >= 11 is 0. The van der Waals surface area contributed by atoms with E-state index in [2.05, 4.69) is 10.0 Å². The van der Waals surface area contributed by atoms with Gasteiger partial charge in [0.2, 0.25) is 10.0 Å². The highest BCUT2D eigenvalue weighted by Crippen LogP contribution is 2.17. The molecule has 0 saturated carbocycles. The van der Waals surface area contributed by atoms with Gasteiger partial charge in [-0.3, -0.25) is 0 Å². The Balaban J connectivity index is 2.59. The zero-order valence-corrected chi connectivity index (χ0v) is 12.8. The van der Waals surface area contributed by atoms with Gasteiger partial charge in [-0.05, 0) is 32.6 Å². The van der Waals surface area contributed by atoms with Crippen LogP contribution >= 0.6 is 0 Å². The van der Waals surface area contributed by atoms with Crippen molar-refractivity contribution in [3.8, 4) is 0 Å². The highest BCUT2D eigenvalue weighted by atomic mass is 32.2. The van der Waals surface area contributed by atoms with Crippen LogP contribution in [0.5, 0.6) is 0 Å². The summed E-state index contributed by atoms with van der Waals surface area (Å²) in [5, 5.41) is 2.94. The van der Waals surface area contributed by atoms with Crippen molar-refractivity contribution >= 4 is 16.1 Å². The van der Waals surface area contributed by atoms with Crippen LogP contribution in [-0.2, 0) is 10.0 Å². The molecule has 112 valence electrons. The summed E-state index contributed by atoms with van der Waals surface area (Å²) in [6.07, 6.45) is 4.87. The van der Waals surface area contributed by atoms with E-state index in [-0.39, 0.29) is 18.1 Å². The molecule has 6 nitrogen and oxygen atoms in total. The molecule has 7 heteroatoms. The fraction of sp³-hybridized carbons (Fsp3) is 0.917. The van der Waals surface area contributed by atoms with Gasteiger partial charge in [-0.25, -0.2) is 17.9 Å². The van der Waals surface area contributed by atoms with E-state index in [1.165, 1.54) is 0 Å². The number of piperidine rings is 1. The lowest BCUT2D eigenvalue weighted by atomic mass is 10.0. The number of likely N-dealkylation sites (tertiary alicyclic amines) is 1. The minimum Gasteiger partial charge on any atom is -0.336 e. The zero-order valence-electron chi connectivity index (χ0n) is 12.0. The van der Waals surface area contributed by atoms with Crippen LogP contribution in [-0.4, -0.2) is 50.8 Å². The van der Waals surface area contributed by atoms with E-state index in [1.807, 2.05) is 13.8 Å². The Morgan fingerprint density at radius 3 is 2.68 bits per heavy atom. The predicted octanol–water partition coefficient (Wildman–Crippen LogP) is 0.898. The van der Waals surface area contributed by atoms with Crippen molar-refractivity contribution < 1.29 is 13.2 Å². The fourth-order valence-electron chi connectivity index (χ4n) is 2.12. The third-order valence-corrected chi connectivity index (χ3v) is 4.14. The van der Waals surface area contributed by atoms with Crippen LogP contribution in [0.4, 0.5) is 4.79 Å². The summed E-state index contributed by atoms with van der Waals surface area (Å²) in [5.41, 5.74) is 0. The van der Waals surface area contributed by atoms with E-state index < -0.39 is 10.0 Å². The minimum absolute atomic E-state index is 0.0486. The van der Waals surface area contributed by atoms with Crippen molar-refractivity contribution in [2.75, 3.05) is 19.3 Å². The van der Waals surface area contributed by atoms with Crippen LogP contribution < -0.4 is 10.0 Å². The van der Waals surface area contributed by atoms with Crippen LogP contribution in [0.15, 0.2) is 0 Å². The molecule has 1 aliphatic heterocycles. The standard InChI is InChI=1S/C12H25N3O3S/c1-4-10(2)14-12(16)15-8-6-5-7-11(15)9-13-19(3,17)18/h10-11,13H,4-9H2,1-3H3,(H,14,16)/t10-,11+/m0/s1. The number of urea groups is 1. The van der Waals surface area contributed by atoms with Gasteiger partial charge in [0.1, 0.15) is 0 Å². The highest BCUT2D eigenvalue weighted by molar-refractivity contribution is 7.88. The van der Waals surface area contributed by atoms with E-state index >= 15 is 0 Å². The van der Waals surface area contributed by atoms with Gasteiger partial charge in [-0.15, -0.1) is 0 Å². The largest absolute Gasteiger partial charge is 0.336 e. The van der Waals surface area contributed by atoms with E-state index in [9.17, 15) is 13.2 Å². The van der Waals surface area contributed by atoms with Crippen molar-refractivity contribution in [3.63, 3.8) is 0 Å². The third kappa shape index (κ3) is 5.78. The first kappa shape index (κ1) is 16.2. The molecule has 0 aromatic carbocycles. The van der Waals surface area contributed by atoms with Crippen LogP contribution in [0, 0.1) is 0 Å². The minimum atomic E-state index is -3.21. The van der Waals surface area contributed by atoms with Crippen molar-refractivity contribution in [2.45, 2.75) is 51.6 Å². The Morgan fingerprint density at radius 2 is 2.11 bits per heavy atom. The number of sulfonamides is 1. The van der Waals surface area contributed by atoms with Gasteiger partial charge >= 0.3 is 6.03 Å². The molecule has 0 aromatic heterocycles. The molecule has 2 atom stereocenters. The zero-order chi connectivity index (χ0) is 14.5. The first-order chi connectivity index (χ1) is 8.83. The number of hydrogen-bond acceptors (Lipinski definition) is 3. The van der Waals surface area contributed by atoms with E-state index in [0.717, 1.165) is 31.9 Å². The first-order valence-electron chi connectivity index (χ1n) is 6.85. The molecule has 1 rings (SSSR count). The first-order valence-corrected chi connectivity index (χ1v) is 8.74. The predicted molar refractivity (Wildman–Crippen MR) is 75.5 cm³/mol. The second-order valence-electron chi connectivity index (χ2n) is 5.22. The molecule has 19 heavy (non-hydrogen) atoms. The molecule has 1 saturated heterocycles. The Kier molecular flexibility index (Phi) is 6.06. The maximum Gasteiger partial charge on any atom is 0.317 e. The molecule has 1 fully saturated rings. The topological polar surface area (TPSA) is 78.5 Å². The molecule has 0 bridgehead atoms. The quantitative estimate of drug-likeness (QED) is 0.790. The average molecular weight is 291 g/mol. The van der Waals surface area contributed by atoms with E-state index in [1.54, 1.807) is 4.90 Å². The highest BCUT2D eigenvalue weighted by Gasteiger charge is 2.27. The Bertz CT molecular complexity index is 397.